The molecule has 0 aliphatic rings. The molecule has 0 atom stereocenters. The Balaban J connectivity index is 1.90. The lowest BCUT2D eigenvalue weighted by Crippen LogP contribution is -1.70. The van der Waals surface area contributed by atoms with Gasteiger partial charge in [-0.25, -0.2) is 4.98 Å². The number of rotatable bonds is 2. The summed E-state index contributed by atoms with van der Waals surface area (Å²) >= 11 is 1.56. The molecule has 3 rings (SSSR count). The number of hydrogen-bond donors (Lipinski definition) is 0. The van der Waals surface area contributed by atoms with Gasteiger partial charge < -0.3 is 0 Å². The summed E-state index contributed by atoms with van der Waals surface area (Å²) < 4.78 is 1.15. The molecule has 0 aliphatic heterocycles. The van der Waals surface area contributed by atoms with Crippen LogP contribution >= 0.6 is 11.3 Å². The number of benzene rings is 2. The fourth-order valence-electron chi connectivity index (χ4n) is 1.77. The van der Waals surface area contributed by atoms with Crippen LogP contribution < -0.4 is 0 Å². The number of azo groups is 1. The van der Waals surface area contributed by atoms with Gasteiger partial charge in [0.05, 0.1) is 15.9 Å². The van der Waals surface area contributed by atoms with E-state index in [9.17, 15) is 0 Å². The third-order valence-corrected chi connectivity index (χ3v) is 3.72. The van der Waals surface area contributed by atoms with E-state index < -0.39 is 0 Å². The van der Waals surface area contributed by atoms with Crippen molar-refractivity contribution in [1.29, 1.82) is 0 Å². The first-order chi connectivity index (χ1) is 9.20. The number of fused-ring (bicyclic) bond motifs is 1. The van der Waals surface area contributed by atoms with Gasteiger partial charge >= 0.3 is 0 Å². The minimum absolute atomic E-state index is 0.696. The normalized spacial score (nSPS) is 11.5. The van der Waals surface area contributed by atoms with E-state index >= 15 is 0 Å². The number of aromatic nitrogens is 1. The van der Waals surface area contributed by atoms with Crippen molar-refractivity contribution >= 4 is 32.4 Å². The molecule has 1 aromatic heterocycles. The topological polar surface area (TPSA) is 37.6 Å². The fourth-order valence-corrected chi connectivity index (χ4v) is 2.66. The molecule has 0 spiro atoms. The van der Waals surface area contributed by atoms with Crippen LogP contribution in [0.3, 0.4) is 0 Å². The van der Waals surface area contributed by atoms with Gasteiger partial charge in [-0.15, -0.1) is 10.2 Å². The molecule has 3 aromatic rings. The van der Waals surface area contributed by atoms with Gasteiger partial charge in [0.2, 0.25) is 5.13 Å². The first-order valence-electron chi connectivity index (χ1n) is 6.06. The van der Waals surface area contributed by atoms with Crippen LogP contribution in [0.25, 0.3) is 10.2 Å². The molecule has 4 heteroatoms. The minimum Gasteiger partial charge on any atom is -0.217 e. The van der Waals surface area contributed by atoms with E-state index in [0.29, 0.717) is 5.13 Å². The molecule has 0 saturated heterocycles. The summed E-state index contributed by atoms with van der Waals surface area (Å²) in [4.78, 5) is 4.44. The first-order valence-corrected chi connectivity index (χ1v) is 6.88. The highest BCUT2D eigenvalue weighted by atomic mass is 32.1. The molecule has 0 radical (unpaired) electrons. The van der Waals surface area contributed by atoms with Crippen molar-refractivity contribution in [3.8, 4) is 0 Å². The SMILES string of the molecule is Cc1ccc(N=Nc2nc3ccc(C)cc3s2)cc1. The van der Waals surface area contributed by atoms with Crippen LogP contribution in [0.2, 0.25) is 0 Å². The second-order valence-corrected chi connectivity index (χ2v) is 5.51. The molecular formula is C15H13N3S. The van der Waals surface area contributed by atoms with Crippen LogP contribution in [0.5, 0.6) is 0 Å². The lowest BCUT2D eigenvalue weighted by molar-refractivity contribution is 1.21. The Hall–Kier alpha value is -2.07. The van der Waals surface area contributed by atoms with E-state index in [2.05, 4.69) is 41.2 Å². The van der Waals surface area contributed by atoms with E-state index in [1.54, 1.807) is 11.3 Å². The summed E-state index contributed by atoms with van der Waals surface area (Å²) in [5, 5.41) is 9.11. The molecule has 0 amide bonds. The smallest absolute Gasteiger partial charge is 0.217 e. The lowest BCUT2D eigenvalue weighted by atomic mass is 10.2. The average Bonchev–Trinajstić information content (AvgIpc) is 2.80. The summed E-state index contributed by atoms with van der Waals surface area (Å²) in [5.41, 5.74) is 4.28. The first kappa shape index (κ1) is 12.0. The van der Waals surface area contributed by atoms with Gasteiger partial charge in [0.25, 0.3) is 0 Å². The van der Waals surface area contributed by atoms with Gasteiger partial charge in [0.15, 0.2) is 0 Å². The van der Waals surface area contributed by atoms with Crippen LogP contribution in [0.15, 0.2) is 52.7 Å². The second-order valence-electron chi connectivity index (χ2n) is 4.50. The third-order valence-electron chi connectivity index (χ3n) is 2.82. The summed E-state index contributed by atoms with van der Waals surface area (Å²) in [6.07, 6.45) is 0. The van der Waals surface area contributed by atoms with Crippen LogP contribution in [-0.2, 0) is 0 Å². The Kier molecular flexibility index (Phi) is 3.09. The van der Waals surface area contributed by atoms with Crippen molar-refractivity contribution in [2.75, 3.05) is 0 Å². The Morgan fingerprint density at radius 2 is 1.63 bits per heavy atom. The van der Waals surface area contributed by atoms with E-state index in [1.165, 1.54) is 11.1 Å². The molecule has 0 N–H and O–H groups in total. The standard InChI is InChI=1S/C15H13N3S/c1-10-3-6-12(7-4-10)17-18-15-16-13-8-5-11(2)9-14(13)19-15/h3-9H,1-2H3. The number of thiazole rings is 1. The van der Waals surface area contributed by atoms with Gasteiger partial charge in [-0.1, -0.05) is 35.1 Å². The van der Waals surface area contributed by atoms with Crippen molar-refractivity contribution in [3.63, 3.8) is 0 Å². The molecule has 1 heterocycles. The fraction of sp³-hybridized carbons (Fsp3) is 0.133. The van der Waals surface area contributed by atoms with Gasteiger partial charge in [0.1, 0.15) is 0 Å². The zero-order valence-corrected chi connectivity index (χ0v) is 11.6. The Bertz CT molecular complexity index is 742. The van der Waals surface area contributed by atoms with Crippen molar-refractivity contribution in [3.05, 3.63) is 53.6 Å². The van der Waals surface area contributed by atoms with E-state index in [4.69, 9.17) is 0 Å². The maximum Gasteiger partial charge on any atom is 0.231 e. The zero-order chi connectivity index (χ0) is 13.2. The van der Waals surface area contributed by atoms with Crippen molar-refractivity contribution < 1.29 is 0 Å². The number of nitrogens with zero attached hydrogens (tertiary/aromatic N) is 3. The summed E-state index contributed by atoms with van der Waals surface area (Å²) in [5.74, 6) is 0. The maximum absolute atomic E-state index is 4.44. The van der Waals surface area contributed by atoms with Crippen molar-refractivity contribution in [1.82, 2.24) is 4.98 Å². The van der Waals surface area contributed by atoms with Crippen molar-refractivity contribution in [2.24, 2.45) is 10.2 Å². The molecule has 0 aliphatic carbocycles. The summed E-state index contributed by atoms with van der Waals surface area (Å²) in [6.45, 7) is 4.13. The Morgan fingerprint density at radius 1 is 0.895 bits per heavy atom. The molecular weight excluding hydrogens is 254 g/mol. The van der Waals surface area contributed by atoms with Gasteiger partial charge in [-0.2, -0.15) is 0 Å². The molecule has 0 fully saturated rings. The third kappa shape index (κ3) is 2.69. The van der Waals surface area contributed by atoms with E-state index in [1.807, 2.05) is 30.3 Å². The largest absolute Gasteiger partial charge is 0.231 e. The number of hydrogen-bond acceptors (Lipinski definition) is 4. The van der Waals surface area contributed by atoms with Crippen LogP contribution in [-0.4, -0.2) is 4.98 Å². The van der Waals surface area contributed by atoms with Crippen LogP contribution in [0.4, 0.5) is 10.8 Å². The van der Waals surface area contributed by atoms with Crippen LogP contribution in [0, 0.1) is 13.8 Å². The molecule has 0 unspecified atom stereocenters. The quantitative estimate of drug-likeness (QED) is 0.578. The lowest BCUT2D eigenvalue weighted by Gasteiger charge is -1.91. The Labute approximate surface area is 115 Å². The molecule has 94 valence electrons. The highest BCUT2D eigenvalue weighted by molar-refractivity contribution is 7.21. The van der Waals surface area contributed by atoms with Gasteiger partial charge in [-0.3, -0.25) is 0 Å². The van der Waals surface area contributed by atoms with Gasteiger partial charge in [-0.05, 0) is 43.7 Å². The van der Waals surface area contributed by atoms with Crippen LogP contribution in [0.1, 0.15) is 11.1 Å². The van der Waals surface area contributed by atoms with Gasteiger partial charge in [0, 0.05) is 0 Å². The van der Waals surface area contributed by atoms with Crippen molar-refractivity contribution in [2.45, 2.75) is 13.8 Å². The zero-order valence-electron chi connectivity index (χ0n) is 10.8. The predicted octanol–water partition coefficient (Wildman–Crippen LogP) is 5.33. The second kappa shape index (κ2) is 4.90. The molecule has 0 bridgehead atoms. The monoisotopic (exact) mass is 267 g/mol. The highest BCUT2D eigenvalue weighted by Gasteiger charge is 2.02. The van der Waals surface area contributed by atoms with E-state index in [-0.39, 0.29) is 0 Å². The maximum atomic E-state index is 4.44. The Morgan fingerprint density at radius 3 is 2.42 bits per heavy atom. The summed E-state index contributed by atoms with van der Waals surface area (Å²) in [6, 6.07) is 14.2. The highest BCUT2D eigenvalue weighted by Crippen LogP contribution is 2.29. The molecule has 0 saturated carbocycles. The number of aryl methyl sites for hydroxylation is 2. The van der Waals surface area contributed by atoms with E-state index in [0.717, 1.165) is 15.9 Å². The molecule has 3 nitrogen and oxygen atoms in total. The predicted molar refractivity (Wildman–Crippen MR) is 79.7 cm³/mol. The average molecular weight is 267 g/mol. The summed E-state index contributed by atoms with van der Waals surface area (Å²) in [7, 11) is 0. The minimum atomic E-state index is 0.696. The molecule has 19 heavy (non-hydrogen) atoms. The molecule has 2 aromatic carbocycles.